The fraction of sp³-hybridized carbons (Fsp3) is 0.182. The molecule has 1 atom stereocenters. The normalized spacial score (nSPS) is 17.9. The minimum absolute atomic E-state index is 0.0981. The van der Waals surface area contributed by atoms with Gasteiger partial charge in [-0.05, 0) is 25.1 Å². The van der Waals surface area contributed by atoms with Gasteiger partial charge >= 0.3 is 5.97 Å². The summed E-state index contributed by atoms with van der Waals surface area (Å²) in [5, 5.41) is 3.27. The number of carbonyl (C=O) groups excluding carboxylic acids is 2. The molecule has 1 N–H and O–H groups in total. The number of Topliss-reactive ketones (excluding diaryl/α,β-unsaturated/α-hetero) is 1. The Morgan fingerprint density at radius 1 is 1.11 bits per heavy atom. The monoisotopic (exact) mass is 439 g/mol. The molecule has 2 aromatic rings. The van der Waals surface area contributed by atoms with Gasteiger partial charge in [0.25, 0.3) is 0 Å². The van der Waals surface area contributed by atoms with E-state index in [4.69, 9.17) is 9.47 Å². The molecule has 0 radical (unpaired) electrons. The first kappa shape index (κ1) is 18.5. The summed E-state index contributed by atoms with van der Waals surface area (Å²) in [4.78, 5) is 26.0. The first-order valence-corrected chi connectivity index (χ1v) is 9.55. The van der Waals surface area contributed by atoms with Gasteiger partial charge in [0.2, 0.25) is 0 Å². The summed E-state index contributed by atoms with van der Waals surface area (Å²) < 4.78 is 11.4. The van der Waals surface area contributed by atoms with Crippen molar-refractivity contribution in [2.24, 2.45) is 0 Å². The van der Waals surface area contributed by atoms with Crippen LogP contribution in [0.4, 0.5) is 0 Å². The van der Waals surface area contributed by atoms with Crippen molar-refractivity contribution >= 4 is 33.4 Å². The van der Waals surface area contributed by atoms with Crippen molar-refractivity contribution < 1.29 is 19.1 Å². The lowest BCUT2D eigenvalue weighted by Gasteiger charge is -2.30. The number of hydrogen-bond acceptors (Lipinski definition) is 5. The van der Waals surface area contributed by atoms with Crippen molar-refractivity contribution in [1.82, 2.24) is 5.32 Å². The molecule has 6 heteroatoms. The summed E-state index contributed by atoms with van der Waals surface area (Å²) in [5.41, 5.74) is 4.51. The van der Waals surface area contributed by atoms with Gasteiger partial charge in [-0.1, -0.05) is 40.2 Å². The molecule has 1 aliphatic carbocycles. The second kappa shape index (κ2) is 6.95. The van der Waals surface area contributed by atoms with Crippen LogP contribution in [0.3, 0.4) is 0 Å². The number of fused-ring (bicyclic) bond motifs is 2. The SMILES string of the molecule is COC(=O)C1=C(C)NC2=C(C(=O)c3ccccc32)[C@H]1c1cc(Br)ccc1OC. The Labute approximate surface area is 171 Å². The Balaban J connectivity index is 2.01. The van der Waals surface area contributed by atoms with Crippen LogP contribution in [0.1, 0.15) is 34.3 Å². The zero-order valence-corrected chi connectivity index (χ0v) is 17.2. The lowest BCUT2D eigenvalue weighted by atomic mass is 9.79. The van der Waals surface area contributed by atoms with Gasteiger partial charge in [-0.25, -0.2) is 4.79 Å². The van der Waals surface area contributed by atoms with Crippen LogP contribution in [0.5, 0.6) is 5.75 Å². The molecule has 0 saturated carbocycles. The smallest absolute Gasteiger partial charge is 0.336 e. The Morgan fingerprint density at radius 3 is 2.50 bits per heavy atom. The number of dihydropyridines is 1. The van der Waals surface area contributed by atoms with E-state index in [1.165, 1.54) is 7.11 Å². The van der Waals surface area contributed by atoms with Crippen molar-refractivity contribution in [3.8, 4) is 5.75 Å². The van der Waals surface area contributed by atoms with E-state index in [2.05, 4.69) is 21.2 Å². The van der Waals surface area contributed by atoms with Gasteiger partial charge < -0.3 is 14.8 Å². The summed E-state index contributed by atoms with van der Waals surface area (Å²) in [6.07, 6.45) is 0. The van der Waals surface area contributed by atoms with E-state index in [1.54, 1.807) is 13.2 Å². The zero-order valence-electron chi connectivity index (χ0n) is 15.6. The first-order valence-electron chi connectivity index (χ1n) is 8.75. The van der Waals surface area contributed by atoms with Gasteiger partial charge in [0, 0.05) is 32.4 Å². The summed E-state index contributed by atoms with van der Waals surface area (Å²) in [6.45, 7) is 1.82. The molecule has 2 aromatic carbocycles. The fourth-order valence-corrected chi connectivity index (χ4v) is 4.33. The maximum absolute atomic E-state index is 13.3. The van der Waals surface area contributed by atoms with Gasteiger partial charge in [-0.2, -0.15) is 0 Å². The number of hydrogen-bond donors (Lipinski definition) is 1. The number of halogens is 1. The van der Waals surface area contributed by atoms with E-state index in [0.29, 0.717) is 28.2 Å². The third kappa shape index (κ3) is 2.67. The van der Waals surface area contributed by atoms with Crippen molar-refractivity contribution in [2.45, 2.75) is 12.8 Å². The molecule has 142 valence electrons. The highest BCUT2D eigenvalue weighted by Gasteiger charge is 2.43. The molecule has 0 bridgehead atoms. The summed E-state index contributed by atoms with van der Waals surface area (Å²) in [5.74, 6) is -0.581. The second-order valence-corrected chi connectivity index (χ2v) is 7.55. The molecule has 0 fully saturated rings. The van der Waals surface area contributed by atoms with Crippen LogP contribution in [-0.4, -0.2) is 26.0 Å². The second-order valence-electron chi connectivity index (χ2n) is 6.64. The maximum Gasteiger partial charge on any atom is 0.336 e. The van der Waals surface area contributed by atoms with Gasteiger partial charge in [0.15, 0.2) is 5.78 Å². The van der Waals surface area contributed by atoms with Crippen molar-refractivity contribution in [3.05, 3.63) is 80.5 Å². The summed E-state index contributed by atoms with van der Waals surface area (Å²) in [6, 6.07) is 13.0. The van der Waals surface area contributed by atoms with Gasteiger partial charge in [-0.15, -0.1) is 0 Å². The molecule has 0 unspecified atom stereocenters. The summed E-state index contributed by atoms with van der Waals surface area (Å²) in [7, 11) is 2.91. The minimum atomic E-state index is -0.601. The van der Waals surface area contributed by atoms with Gasteiger partial charge in [-0.3, -0.25) is 4.79 Å². The predicted molar refractivity (Wildman–Crippen MR) is 109 cm³/mol. The highest BCUT2D eigenvalue weighted by molar-refractivity contribution is 9.10. The van der Waals surface area contributed by atoms with Crippen molar-refractivity contribution in [3.63, 3.8) is 0 Å². The van der Waals surface area contributed by atoms with Crippen LogP contribution in [0.25, 0.3) is 5.70 Å². The molecule has 2 aliphatic rings. The topological polar surface area (TPSA) is 64.6 Å². The van der Waals surface area contributed by atoms with E-state index in [0.717, 1.165) is 21.3 Å². The van der Waals surface area contributed by atoms with Gasteiger partial charge in [0.1, 0.15) is 5.75 Å². The molecule has 4 rings (SSSR count). The Hall–Kier alpha value is -2.86. The quantitative estimate of drug-likeness (QED) is 0.725. The Bertz CT molecular complexity index is 1080. The average molecular weight is 440 g/mol. The highest BCUT2D eigenvalue weighted by Crippen LogP contribution is 2.49. The number of ketones is 1. The number of rotatable bonds is 3. The molecule has 5 nitrogen and oxygen atoms in total. The van der Waals surface area contributed by atoms with E-state index in [1.807, 2.05) is 43.3 Å². The number of allylic oxidation sites excluding steroid dienone is 2. The fourth-order valence-electron chi connectivity index (χ4n) is 3.95. The highest BCUT2D eigenvalue weighted by atomic mass is 79.9. The third-order valence-electron chi connectivity index (χ3n) is 5.16. The van der Waals surface area contributed by atoms with E-state index < -0.39 is 11.9 Å². The predicted octanol–water partition coefficient (Wildman–Crippen LogP) is 4.20. The number of methoxy groups -OCH3 is 2. The molecule has 1 aliphatic heterocycles. The number of benzene rings is 2. The molecule has 28 heavy (non-hydrogen) atoms. The number of carbonyl (C=O) groups is 2. The molecule has 0 aromatic heterocycles. The summed E-state index contributed by atoms with van der Waals surface area (Å²) >= 11 is 3.49. The van der Waals surface area contributed by atoms with Crippen molar-refractivity contribution in [1.29, 1.82) is 0 Å². The number of esters is 1. The van der Waals surface area contributed by atoms with Crippen LogP contribution >= 0.6 is 15.9 Å². The third-order valence-corrected chi connectivity index (χ3v) is 5.65. The molecule has 0 amide bonds. The average Bonchev–Trinajstić information content (AvgIpc) is 2.98. The Kier molecular flexibility index (Phi) is 4.59. The molecule has 1 heterocycles. The molecular formula is C22H18BrNO4. The maximum atomic E-state index is 13.3. The molecule has 0 spiro atoms. The molecule has 0 saturated heterocycles. The largest absolute Gasteiger partial charge is 0.496 e. The van der Waals surface area contributed by atoms with Crippen molar-refractivity contribution in [2.75, 3.05) is 14.2 Å². The van der Waals surface area contributed by atoms with E-state index >= 15 is 0 Å². The number of nitrogens with one attached hydrogen (secondary N) is 1. The standard InChI is InChI=1S/C22H18BrNO4/c1-11-17(22(26)28-3)18(15-10-12(23)8-9-16(15)27-2)19-20(24-11)13-6-4-5-7-14(13)21(19)25/h4-10,18,24H,1-3H3/t18-/m0/s1. The van der Waals surface area contributed by atoms with E-state index in [9.17, 15) is 9.59 Å². The zero-order chi connectivity index (χ0) is 20.0. The number of ether oxygens (including phenoxy) is 2. The lowest BCUT2D eigenvalue weighted by Crippen LogP contribution is -2.29. The van der Waals surface area contributed by atoms with Crippen LogP contribution in [0, 0.1) is 0 Å². The van der Waals surface area contributed by atoms with Gasteiger partial charge in [0.05, 0.1) is 31.4 Å². The Morgan fingerprint density at radius 2 is 1.82 bits per heavy atom. The van der Waals surface area contributed by atoms with Crippen LogP contribution in [0.2, 0.25) is 0 Å². The lowest BCUT2D eigenvalue weighted by molar-refractivity contribution is -0.136. The van der Waals surface area contributed by atoms with Crippen LogP contribution in [0.15, 0.2) is 63.8 Å². The first-order chi connectivity index (χ1) is 13.5. The van der Waals surface area contributed by atoms with Crippen LogP contribution < -0.4 is 10.1 Å². The van der Waals surface area contributed by atoms with E-state index in [-0.39, 0.29) is 5.78 Å². The molecular weight excluding hydrogens is 422 g/mol. The minimum Gasteiger partial charge on any atom is -0.496 e. The van der Waals surface area contributed by atoms with Crippen LogP contribution in [-0.2, 0) is 9.53 Å².